The van der Waals surface area contributed by atoms with Crippen LogP contribution in [-0.2, 0) is 0 Å². The number of anilines is 1. The number of benzene rings is 2. The summed E-state index contributed by atoms with van der Waals surface area (Å²) in [6.45, 7) is 1.75. The van der Waals surface area contributed by atoms with Crippen molar-refractivity contribution in [2.75, 3.05) is 5.32 Å². The zero-order valence-corrected chi connectivity index (χ0v) is 15.7. The van der Waals surface area contributed by atoms with Gasteiger partial charge in [0.25, 0.3) is 5.91 Å². The number of aryl methyl sites for hydroxylation is 1. The van der Waals surface area contributed by atoms with E-state index in [-0.39, 0.29) is 11.6 Å². The van der Waals surface area contributed by atoms with Crippen molar-refractivity contribution < 1.29 is 9.18 Å². The first-order valence-electron chi connectivity index (χ1n) is 9.58. The lowest BCUT2D eigenvalue weighted by atomic mass is 9.84. The number of hydrogen-bond donors (Lipinski definition) is 1. The van der Waals surface area contributed by atoms with Gasteiger partial charge >= 0.3 is 0 Å². The molecule has 1 amide bonds. The van der Waals surface area contributed by atoms with Crippen LogP contribution in [0, 0.1) is 12.7 Å². The van der Waals surface area contributed by atoms with E-state index in [9.17, 15) is 9.18 Å². The average Bonchev–Trinajstić information content (AvgIpc) is 3.16. The topological polar surface area (TPSA) is 72.7 Å². The minimum atomic E-state index is -0.512. The maximum atomic E-state index is 14.2. The van der Waals surface area contributed by atoms with Crippen molar-refractivity contribution in [3.8, 4) is 5.69 Å². The van der Waals surface area contributed by atoms with Gasteiger partial charge in [-0.25, -0.2) is 4.39 Å². The van der Waals surface area contributed by atoms with E-state index in [1.54, 1.807) is 13.0 Å². The predicted octanol–water partition coefficient (Wildman–Crippen LogP) is 4.41. The molecule has 1 fully saturated rings. The highest BCUT2D eigenvalue weighted by molar-refractivity contribution is 6.04. The van der Waals surface area contributed by atoms with Crippen LogP contribution in [0.15, 0.2) is 42.5 Å². The molecule has 1 aromatic heterocycles. The van der Waals surface area contributed by atoms with Crippen molar-refractivity contribution >= 4 is 11.6 Å². The van der Waals surface area contributed by atoms with Crippen molar-refractivity contribution in [2.45, 2.75) is 44.9 Å². The summed E-state index contributed by atoms with van der Waals surface area (Å²) < 4.78 is 15.7. The molecule has 144 valence electrons. The van der Waals surface area contributed by atoms with Gasteiger partial charge in [-0.1, -0.05) is 31.4 Å². The van der Waals surface area contributed by atoms with Crippen molar-refractivity contribution in [3.63, 3.8) is 0 Å². The van der Waals surface area contributed by atoms with Crippen LogP contribution in [0.1, 0.15) is 59.8 Å². The van der Waals surface area contributed by atoms with E-state index in [1.807, 2.05) is 24.3 Å². The first kappa shape index (κ1) is 18.3. The monoisotopic (exact) mass is 379 g/mol. The number of amides is 1. The number of halogens is 1. The maximum Gasteiger partial charge on any atom is 0.255 e. The molecule has 1 heterocycles. The Morgan fingerprint density at radius 1 is 1.11 bits per heavy atom. The Labute approximate surface area is 162 Å². The molecule has 0 radical (unpaired) electrons. The van der Waals surface area contributed by atoms with Crippen molar-refractivity contribution in [1.29, 1.82) is 0 Å². The van der Waals surface area contributed by atoms with E-state index in [0.29, 0.717) is 23.0 Å². The fraction of sp³-hybridized carbons (Fsp3) is 0.333. The molecule has 1 aliphatic carbocycles. The third kappa shape index (κ3) is 3.78. The Morgan fingerprint density at radius 2 is 1.86 bits per heavy atom. The zero-order chi connectivity index (χ0) is 19.5. The van der Waals surface area contributed by atoms with E-state index < -0.39 is 5.82 Å². The lowest BCUT2D eigenvalue weighted by Crippen LogP contribution is -2.14. The number of carbonyl (C=O) groups is 1. The van der Waals surface area contributed by atoms with Crippen molar-refractivity contribution in [2.24, 2.45) is 0 Å². The molecule has 1 saturated carbocycles. The van der Waals surface area contributed by atoms with Gasteiger partial charge in [0.2, 0.25) is 0 Å². The second-order valence-corrected chi connectivity index (χ2v) is 7.21. The van der Waals surface area contributed by atoms with Gasteiger partial charge < -0.3 is 5.32 Å². The van der Waals surface area contributed by atoms with Crippen molar-refractivity contribution in [3.05, 3.63) is 65.2 Å². The molecule has 4 rings (SSSR count). The molecule has 7 heteroatoms. The second kappa shape index (κ2) is 7.88. The third-order valence-corrected chi connectivity index (χ3v) is 5.32. The van der Waals surface area contributed by atoms with E-state index in [2.05, 4.69) is 20.8 Å². The summed E-state index contributed by atoms with van der Waals surface area (Å²) in [6, 6.07) is 12.0. The van der Waals surface area contributed by atoms with Crippen LogP contribution in [0.25, 0.3) is 5.69 Å². The standard InChI is InChI=1S/C21H22FN5O/c1-14-24-25-26-27(14)18-11-12-19(22)20(13-18)23-21(28)17-9-7-16(8-10-17)15-5-3-2-4-6-15/h7-13,15H,2-6H2,1H3,(H,23,28). The fourth-order valence-electron chi connectivity index (χ4n) is 3.75. The minimum absolute atomic E-state index is 0.0914. The highest BCUT2D eigenvalue weighted by Gasteiger charge is 2.17. The molecule has 3 aromatic rings. The molecule has 0 saturated heterocycles. The minimum Gasteiger partial charge on any atom is -0.319 e. The molecule has 0 aliphatic heterocycles. The molecule has 1 aliphatic rings. The number of nitrogens with one attached hydrogen (secondary N) is 1. The van der Waals surface area contributed by atoms with Crippen LogP contribution in [-0.4, -0.2) is 26.1 Å². The largest absolute Gasteiger partial charge is 0.319 e. The Morgan fingerprint density at radius 3 is 2.54 bits per heavy atom. The fourth-order valence-corrected chi connectivity index (χ4v) is 3.75. The number of rotatable bonds is 4. The van der Waals surface area contributed by atoms with Gasteiger partial charge in [0.15, 0.2) is 5.82 Å². The third-order valence-electron chi connectivity index (χ3n) is 5.32. The van der Waals surface area contributed by atoms with Gasteiger partial charge in [-0.15, -0.1) is 5.10 Å². The smallest absolute Gasteiger partial charge is 0.255 e. The Hall–Kier alpha value is -3.09. The van der Waals surface area contributed by atoms with Crippen LogP contribution in [0.4, 0.5) is 10.1 Å². The summed E-state index contributed by atoms with van der Waals surface area (Å²) in [4.78, 5) is 12.6. The van der Waals surface area contributed by atoms with Gasteiger partial charge in [-0.3, -0.25) is 4.79 Å². The second-order valence-electron chi connectivity index (χ2n) is 7.21. The molecule has 0 bridgehead atoms. The van der Waals surface area contributed by atoms with E-state index in [1.165, 1.54) is 54.5 Å². The Kier molecular flexibility index (Phi) is 5.14. The Balaban J connectivity index is 1.51. The lowest BCUT2D eigenvalue weighted by Gasteiger charge is -2.22. The van der Waals surface area contributed by atoms with Gasteiger partial charge in [0.05, 0.1) is 11.4 Å². The summed E-state index contributed by atoms with van der Waals surface area (Å²) in [6.07, 6.45) is 6.26. The predicted molar refractivity (Wildman–Crippen MR) is 104 cm³/mol. The van der Waals surface area contributed by atoms with E-state index >= 15 is 0 Å². The average molecular weight is 379 g/mol. The normalized spacial score (nSPS) is 14.8. The van der Waals surface area contributed by atoms with Gasteiger partial charge in [-0.2, -0.15) is 4.68 Å². The summed E-state index contributed by atoms with van der Waals surface area (Å²) >= 11 is 0. The van der Waals surface area contributed by atoms with Crippen molar-refractivity contribution in [1.82, 2.24) is 20.2 Å². The molecule has 6 nitrogen and oxygen atoms in total. The quantitative estimate of drug-likeness (QED) is 0.729. The molecular weight excluding hydrogens is 357 g/mol. The number of aromatic nitrogens is 4. The number of hydrogen-bond acceptors (Lipinski definition) is 4. The van der Waals surface area contributed by atoms with Crippen LogP contribution < -0.4 is 5.32 Å². The van der Waals surface area contributed by atoms with E-state index in [0.717, 1.165) is 0 Å². The molecular formula is C21H22FN5O. The van der Waals surface area contributed by atoms with E-state index in [4.69, 9.17) is 0 Å². The summed E-state index contributed by atoms with van der Waals surface area (Å²) in [7, 11) is 0. The summed E-state index contributed by atoms with van der Waals surface area (Å²) in [5.74, 6) is 0.294. The first-order valence-corrected chi connectivity index (χ1v) is 9.58. The maximum absolute atomic E-state index is 14.2. The Bertz CT molecular complexity index is 977. The lowest BCUT2D eigenvalue weighted by molar-refractivity contribution is 0.102. The summed E-state index contributed by atoms with van der Waals surface area (Å²) in [5, 5.41) is 13.9. The van der Waals surface area contributed by atoms with Gasteiger partial charge in [-0.05, 0) is 72.0 Å². The number of nitrogens with zero attached hydrogens (tertiary/aromatic N) is 4. The SMILES string of the molecule is Cc1nnnn1-c1ccc(F)c(NC(=O)c2ccc(C3CCCCC3)cc2)c1. The molecule has 2 aromatic carbocycles. The molecule has 0 spiro atoms. The molecule has 1 N–H and O–H groups in total. The van der Waals surface area contributed by atoms with Gasteiger partial charge in [0, 0.05) is 5.56 Å². The first-order chi connectivity index (χ1) is 13.6. The van der Waals surface area contributed by atoms with Crippen LogP contribution in [0.2, 0.25) is 0 Å². The van der Waals surface area contributed by atoms with Crippen LogP contribution in [0.5, 0.6) is 0 Å². The molecule has 0 unspecified atom stereocenters. The van der Waals surface area contributed by atoms with Gasteiger partial charge in [0.1, 0.15) is 5.82 Å². The number of carbonyl (C=O) groups excluding carboxylic acids is 1. The molecule has 28 heavy (non-hydrogen) atoms. The number of tetrazole rings is 1. The zero-order valence-electron chi connectivity index (χ0n) is 15.7. The molecule has 0 atom stereocenters. The van der Waals surface area contributed by atoms with Crippen LogP contribution >= 0.6 is 0 Å². The summed E-state index contributed by atoms with van der Waals surface area (Å²) in [5.41, 5.74) is 2.45. The highest BCUT2D eigenvalue weighted by atomic mass is 19.1. The van der Waals surface area contributed by atoms with Crippen LogP contribution in [0.3, 0.4) is 0 Å². The highest BCUT2D eigenvalue weighted by Crippen LogP contribution is 2.32.